The molecule has 0 aliphatic carbocycles. The number of amides is 1. The summed E-state index contributed by atoms with van der Waals surface area (Å²) in [5, 5.41) is 10.4. The molecule has 3 rings (SSSR count). The smallest absolute Gasteiger partial charge is 0.411 e. The predicted molar refractivity (Wildman–Crippen MR) is 125 cm³/mol. The fraction of sp³-hybridized carbons (Fsp3) is 0.333. The van der Waals surface area contributed by atoms with E-state index < -0.39 is 6.09 Å². The molecule has 0 bridgehead atoms. The lowest BCUT2D eigenvalue weighted by Gasteiger charge is -2.20. The summed E-state index contributed by atoms with van der Waals surface area (Å²) in [6.07, 6.45) is 2.42. The number of ether oxygens (including phenoxy) is 3. The summed E-state index contributed by atoms with van der Waals surface area (Å²) in [6.45, 7) is 1.37. The van der Waals surface area contributed by atoms with Gasteiger partial charge in [-0.05, 0) is 69.9 Å². The number of pyridine rings is 1. The van der Waals surface area contributed by atoms with E-state index in [4.69, 9.17) is 14.2 Å². The van der Waals surface area contributed by atoms with Crippen LogP contribution in [-0.4, -0.2) is 62.5 Å². The van der Waals surface area contributed by atoms with Crippen molar-refractivity contribution >= 4 is 22.7 Å². The van der Waals surface area contributed by atoms with Crippen molar-refractivity contribution in [3.8, 4) is 23.0 Å². The summed E-state index contributed by atoms with van der Waals surface area (Å²) < 4.78 is 16.8. The maximum absolute atomic E-state index is 11.7. The predicted octanol–water partition coefficient (Wildman–Crippen LogP) is 4.87. The van der Waals surface area contributed by atoms with Crippen LogP contribution < -0.4 is 19.1 Å². The van der Waals surface area contributed by atoms with Crippen LogP contribution in [0.3, 0.4) is 0 Å². The van der Waals surface area contributed by atoms with Crippen molar-refractivity contribution in [3.05, 3.63) is 48.7 Å². The lowest BCUT2D eigenvalue weighted by molar-refractivity contribution is 0.201. The van der Waals surface area contributed by atoms with E-state index in [-0.39, 0.29) is 0 Å². The highest BCUT2D eigenvalue weighted by Crippen LogP contribution is 2.37. The van der Waals surface area contributed by atoms with Crippen LogP contribution in [0, 0.1) is 0 Å². The maximum atomic E-state index is 11.7. The summed E-state index contributed by atoms with van der Waals surface area (Å²) in [4.78, 5) is 19.5. The first-order valence-corrected chi connectivity index (χ1v) is 10.4. The average Bonchev–Trinajstić information content (AvgIpc) is 2.78. The number of aromatic nitrogens is 1. The Morgan fingerprint density at radius 1 is 0.938 bits per heavy atom. The van der Waals surface area contributed by atoms with E-state index in [0.717, 1.165) is 24.8 Å². The minimum absolute atomic E-state index is 0.444. The van der Waals surface area contributed by atoms with Gasteiger partial charge >= 0.3 is 6.09 Å². The van der Waals surface area contributed by atoms with Crippen LogP contribution in [-0.2, 0) is 0 Å². The Labute approximate surface area is 187 Å². The van der Waals surface area contributed by atoms with Gasteiger partial charge in [0.15, 0.2) is 11.5 Å². The Morgan fingerprint density at radius 3 is 2.22 bits per heavy atom. The van der Waals surface area contributed by atoms with Crippen molar-refractivity contribution in [2.75, 3.05) is 46.3 Å². The molecule has 0 unspecified atom stereocenters. The third-order valence-corrected chi connectivity index (χ3v) is 5.05. The van der Waals surface area contributed by atoms with Gasteiger partial charge in [0.1, 0.15) is 11.5 Å². The third kappa shape index (κ3) is 5.59. The first kappa shape index (κ1) is 23.1. The molecule has 0 atom stereocenters. The Morgan fingerprint density at radius 2 is 1.59 bits per heavy atom. The summed E-state index contributed by atoms with van der Waals surface area (Å²) in [5.74, 6) is 2.38. The zero-order valence-corrected chi connectivity index (χ0v) is 18.9. The Hall–Kier alpha value is -3.52. The maximum Gasteiger partial charge on any atom is 0.411 e. The standard InChI is InChI=1S/C24H29N3O5/c1-26(2)13-5-6-14-27(24(28)29)17-7-9-18(10-8-17)32-21-11-12-25-20-16-23(31-4)22(30-3)15-19(20)21/h7-12,15-16H,5-6,13-14H2,1-4H3,(H,28,29). The summed E-state index contributed by atoms with van der Waals surface area (Å²) in [6, 6.07) is 12.4. The van der Waals surface area contributed by atoms with Crippen LogP contribution in [0.1, 0.15) is 12.8 Å². The Bertz CT molecular complexity index is 1050. The fourth-order valence-corrected chi connectivity index (χ4v) is 3.39. The lowest BCUT2D eigenvalue weighted by Crippen LogP contribution is -2.30. The quantitative estimate of drug-likeness (QED) is 0.451. The van der Waals surface area contributed by atoms with Crippen LogP contribution >= 0.6 is 0 Å². The summed E-state index contributed by atoms with van der Waals surface area (Å²) in [5.41, 5.74) is 1.33. The first-order valence-electron chi connectivity index (χ1n) is 10.4. The van der Waals surface area contributed by atoms with Gasteiger partial charge in [-0.1, -0.05) is 0 Å². The molecule has 32 heavy (non-hydrogen) atoms. The number of methoxy groups -OCH3 is 2. The second-order valence-electron chi connectivity index (χ2n) is 7.57. The number of unbranched alkanes of at least 4 members (excludes halogenated alkanes) is 1. The van der Waals surface area contributed by atoms with Crippen molar-refractivity contribution in [1.29, 1.82) is 0 Å². The van der Waals surface area contributed by atoms with E-state index in [9.17, 15) is 9.90 Å². The molecule has 8 heteroatoms. The van der Waals surface area contributed by atoms with Crippen molar-refractivity contribution in [3.63, 3.8) is 0 Å². The number of rotatable bonds is 10. The Balaban J connectivity index is 1.77. The SMILES string of the molecule is COc1cc2nccc(Oc3ccc(N(CCCCN(C)C)C(=O)O)cc3)c2cc1OC. The second kappa shape index (κ2) is 10.7. The van der Waals surface area contributed by atoms with Crippen LogP contribution in [0.15, 0.2) is 48.7 Å². The number of carboxylic acid groups (broad SMARTS) is 1. The largest absolute Gasteiger partial charge is 0.493 e. The minimum atomic E-state index is -0.968. The van der Waals surface area contributed by atoms with Gasteiger partial charge in [0, 0.05) is 29.9 Å². The molecule has 0 spiro atoms. The number of hydrogen-bond donors (Lipinski definition) is 1. The molecule has 0 saturated heterocycles. The molecule has 2 aromatic carbocycles. The van der Waals surface area contributed by atoms with E-state index in [1.54, 1.807) is 56.8 Å². The van der Waals surface area contributed by atoms with Crippen molar-refractivity contribution in [1.82, 2.24) is 9.88 Å². The molecule has 1 N–H and O–H groups in total. The average molecular weight is 440 g/mol. The number of benzene rings is 2. The molecule has 0 fully saturated rings. The molecule has 0 aliphatic heterocycles. The zero-order valence-electron chi connectivity index (χ0n) is 18.9. The van der Waals surface area contributed by atoms with E-state index in [1.807, 2.05) is 20.2 Å². The molecular weight excluding hydrogens is 410 g/mol. The second-order valence-corrected chi connectivity index (χ2v) is 7.57. The molecule has 1 aromatic heterocycles. The van der Waals surface area contributed by atoms with Crippen LogP contribution in [0.5, 0.6) is 23.0 Å². The highest BCUT2D eigenvalue weighted by Gasteiger charge is 2.15. The molecule has 3 aromatic rings. The normalized spacial score (nSPS) is 10.9. The summed E-state index contributed by atoms with van der Waals surface area (Å²) >= 11 is 0. The van der Waals surface area contributed by atoms with Gasteiger partial charge in [0.2, 0.25) is 0 Å². The van der Waals surface area contributed by atoms with Crippen LogP contribution in [0.2, 0.25) is 0 Å². The van der Waals surface area contributed by atoms with Crippen molar-refractivity contribution in [2.45, 2.75) is 12.8 Å². The topological polar surface area (TPSA) is 84.4 Å². The van der Waals surface area contributed by atoms with Gasteiger partial charge in [-0.25, -0.2) is 4.79 Å². The highest BCUT2D eigenvalue weighted by molar-refractivity contribution is 5.88. The monoisotopic (exact) mass is 439 g/mol. The van der Waals surface area contributed by atoms with Gasteiger partial charge in [-0.3, -0.25) is 9.88 Å². The molecular formula is C24H29N3O5. The number of anilines is 1. The molecule has 0 radical (unpaired) electrons. The Kier molecular flexibility index (Phi) is 7.72. The lowest BCUT2D eigenvalue weighted by atomic mass is 10.2. The van der Waals surface area contributed by atoms with Gasteiger partial charge in [0.25, 0.3) is 0 Å². The number of nitrogens with zero attached hydrogens (tertiary/aromatic N) is 3. The summed E-state index contributed by atoms with van der Waals surface area (Å²) in [7, 11) is 7.17. The van der Waals surface area contributed by atoms with E-state index in [0.29, 0.717) is 40.7 Å². The minimum Gasteiger partial charge on any atom is -0.493 e. The molecule has 8 nitrogen and oxygen atoms in total. The molecule has 0 aliphatic rings. The van der Waals surface area contributed by atoms with Crippen LogP contribution in [0.25, 0.3) is 10.9 Å². The molecule has 170 valence electrons. The number of hydrogen-bond acceptors (Lipinski definition) is 6. The fourth-order valence-electron chi connectivity index (χ4n) is 3.39. The van der Waals surface area contributed by atoms with Crippen molar-refractivity contribution < 1.29 is 24.1 Å². The van der Waals surface area contributed by atoms with Gasteiger partial charge in [-0.2, -0.15) is 0 Å². The van der Waals surface area contributed by atoms with Gasteiger partial charge in [0.05, 0.1) is 19.7 Å². The van der Waals surface area contributed by atoms with E-state index in [2.05, 4.69) is 9.88 Å². The molecule has 1 amide bonds. The van der Waals surface area contributed by atoms with Crippen molar-refractivity contribution in [2.24, 2.45) is 0 Å². The first-order chi connectivity index (χ1) is 15.4. The number of carbonyl (C=O) groups is 1. The van der Waals surface area contributed by atoms with Crippen LogP contribution in [0.4, 0.5) is 10.5 Å². The number of fused-ring (bicyclic) bond motifs is 1. The highest BCUT2D eigenvalue weighted by atomic mass is 16.5. The zero-order chi connectivity index (χ0) is 23.1. The van der Waals surface area contributed by atoms with Gasteiger partial charge in [-0.15, -0.1) is 0 Å². The van der Waals surface area contributed by atoms with Gasteiger partial charge < -0.3 is 24.2 Å². The van der Waals surface area contributed by atoms with E-state index in [1.165, 1.54) is 4.90 Å². The van der Waals surface area contributed by atoms with E-state index >= 15 is 0 Å². The molecule has 0 saturated carbocycles. The molecule has 1 heterocycles. The third-order valence-electron chi connectivity index (χ3n) is 5.05.